The van der Waals surface area contributed by atoms with Gasteiger partial charge in [-0.05, 0) is 18.6 Å². The van der Waals surface area contributed by atoms with Gasteiger partial charge >= 0.3 is 0 Å². The van der Waals surface area contributed by atoms with Crippen LogP contribution in [0.2, 0.25) is 0 Å². The highest BCUT2D eigenvalue weighted by molar-refractivity contribution is 5.85. The zero-order chi connectivity index (χ0) is 10.7. The van der Waals surface area contributed by atoms with Gasteiger partial charge in [0.2, 0.25) is 5.91 Å². The predicted molar refractivity (Wildman–Crippen MR) is 64.4 cm³/mol. The highest BCUT2D eigenvalue weighted by atomic mass is 35.5. The number of nitrogens with one attached hydrogen (secondary N) is 2. The molecule has 1 amide bonds. The molecule has 0 radical (unpaired) electrons. The van der Waals surface area contributed by atoms with E-state index in [1.165, 1.54) is 0 Å². The van der Waals surface area contributed by atoms with Crippen LogP contribution >= 0.6 is 12.4 Å². The largest absolute Gasteiger partial charge is 0.350 e. The van der Waals surface area contributed by atoms with Crippen LogP contribution in [0.1, 0.15) is 11.3 Å². The first kappa shape index (κ1) is 12.9. The summed E-state index contributed by atoms with van der Waals surface area (Å²) < 4.78 is 0. The third-order valence-electron chi connectivity index (χ3n) is 2.70. The lowest BCUT2D eigenvalue weighted by Gasteiger charge is -2.25. The Labute approximate surface area is 101 Å². The van der Waals surface area contributed by atoms with Crippen LogP contribution in [0.3, 0.4) is 0 Å². The molecule has 0 spiro atoms. The van der Waals surface area contributed by atoms with Crippen LogP contribution in [0, 0.1) is 12.8 Å². The summed E-state index contributed by atoms with van der Waals surface area (Å²) in [6.45, 7) is 4.13. The smallest absolute Gasteiger partial charge is 0.226 e. The van der Waals surface area contributed by atoms with Gasteiger partial charge in [-0.15, -0.1) is 12.4 Å². The average Bonchev–Trinajstić information content (AvgIpc) is 2.14. The standard InChI is InChI=1S/C11H15N3O.ClH/c1-8-3-2-4-13-10(8)7-14-11(15)9-5-12-6-9;/h2-4,9,12H,5-7H2,1H3,(H,14,15);1H. The van der Waals surface area contributed by atoms with Crippen LogP contribution in [0.5, 0.6) is 0 Å². The molecular weight excluding hydrogens is 226 g/mol. The zero-order valence-electron chi connectivity index (χ0n) is 9.19. The molecule has 0 aliphatic carbocycles. The SMILES string of the molecule is Cc1cccnc1CNC(=O)C1CNC1.Cl. The summed E-state index contributed by atoms with van der Waals surface area (Å²) in [6.07, 6.45) is 1.75. The fraction of sp³-hybridized carbons (Fsp3) is 0.455. The minimum absolute atomic E-state index is 0. The van der Waals surface area contributed by atoms with Gasteiger partial charge in [0.1, 0.15) is 0 Å². The minimum atomic E-state index is 0. The first-order chi connectivity index (χ1) is 7.27. The normalized spacial score (nSPS) is 14.8. The Balaban J connectivity index is 0.00000128. The van der Waals surface area contributed by atoms with E-state index < -0.39 is 0 Å². The lowest BCUT2D eigenvalue weighted by molar-refractivity contribution is -0.126. The minimum Gasteiger partial charge on any atom is -0.350 e. The third-order valence-corrected chi connectivity index (χ3v) is 2.70. The van der Waals surface area contributed by atoms with Crippen molar-refractivity contribution in [3.8, 4) is 0 Å². The van der Waals surface area contributed by atoms with Gasteiger partial charge in [-0.25, -0.2) is 0 Å². The number of rotatable bonds is 3. The van der Waals surface area contributed by atoms with E-state index in [1.54, 1.807) is 6.20 Å². The Hall–Kier alpha value is -1.13. The van der Waals surface area contributed by atoms with E-state index in [4.69, 9.17) is 0 Å². The maximum Gasteiger partial charge on any atom is 0.226 e. The number of hydrogen-bond acceptors (Lipinski definition) is 3. The third kappa shape index (κ3) is 2.93. The summed E-state index contributed by atoms with van der Waals surface area (Å²) in [5.74, 6) is 0.271. The van der Waals surface area contributed by atoms with Crippen molar-refractivity contribution in [2.75, 3.05) is 13.1 Å². The van der Waals surface area contributed by atoms with Gasteiger partial charge in [-0.1, -0.05) is 6.07 Å². The topological polar surface area (TPSA) is 54.0 Å². The molecule has 16 heavy (non-hydrogen) atoms. The number of nitrogens with zero attached hydrogens (tertiary/aromatic N) is 1. The van der Waals surface area contributed by atoms with Gasteiger partial charge in [0.25, 0.3) is 0 Å². The summed E-state index contributed by atoms with van der Waals surface area (Å²) in [4.78, 5) is 15.8. The van der Waals surface area contributed by atoms with Crippen molar-refractivity contribution in [2.45, 2.75) is 13.5 Å². The summed E-state index contributed by atoms with van der Waals surface area (Å²) >= 11 is 0. The van der Waals surface area contributed by atoms with Crippen LogP contribution in [0.25, 0.3) is 0 Å². The summed E-state index contributed by atoms with van der Waals surface area (Å²) in [5.41, 5.74) is 2.06. The summed E-state index contributed by atoms with van der Waals surface area (Å²) in [5, 5.41) is 5.98. The van der Waals surface area contributed by atoms with E-state index in [0.29, 0.717) is 6.54 Å². The van der Waals surface area contributed by atoms with Gasteiger partial charge in [0.15, 0.2) is 0 Å². The molecule has 5 heteroatoms. The van der Waals surface area contributed by atoms with Gasteiger partial charge in [-0.2, -0.15) is 0 Å². The van der Waals surface area contributed by atoms with Crippen LogP contribution in [-0.4, -0.2) is 24.0 Å². The molecule has 0 bridgehead atoms. The molecule has 0 unspecified atom stereocenters. The molecule has 1 fully saturated rings. The highest BCUT2D eigenvalue weighted by Crippen LogP contribution is 2.05. The molecule has 0 aromatic carbocycles. The number of hydrogen-bond donors (Lipinski definition) is 2. The van der Waals surface area contributed by atoms with Crippen molar-refractivity contribution >= 4 is 18.3 Å². The van der Waals surface area contributed by atoms with E-state index in [9.17, 15) is 4.79 Å². The van der Waals surface area contributed by atoms with Crippen molar-refractivity contribution < 1.29 is 4.79 Å². The van der Waals surface area contributed by atoms with Crippen molar-refractivity contribution in [3.63, 3.8) is 0 Å². The van der Waals surface area contributed by atoms with Crippen molar-refractivity contribution in [1.82, 2.24) is 15.6 Å². The second-order valence-electron chi connectivity index (χ2n) is 3.84. The number of halogens is 1. The first-order valence-electron chi connectivity index (χ1n) is 5.16. The second kappa shape index (κ2) is 5.82. The van der Waals surface area contributed by atoms with Crippen LogP contribution < -0.4 is 10.6 Å². The van der Waals surface area contributed by atoms with Gasteiger partial charge < -0.3 is 10.6 Å². The van der Waals surface area contributed by atoms with E-state index in [2.05, 4.69) is 15.6 Å². The Morgan fingerprint density at radius 1 is 1.62 bits per heavy atom. The highest BCUT2D eigenvalue weighted by Gasteiger charge is 2.24. The molecule has 2 heterocycles. The predicted octanol–water partition coefficient (Wildman–Crippen LogP) is 0.647. The van der Waals surface area contributed by atoms with Crippen LogP contribution in [0.15, 0.2) is 18.3 Å². The Morgan fingerprint density at radius 2 is 2.38 bits per heavy atom. The van der Waals surface area contributed by atoms with Crippen LogP contribution in [-0.2, 0) is 11.3 Å². The molecule has 0 atom stereocenters. The number of carbonyl (C=O) groups is 1. The molecule has 2 rings (SSSR count). The molecule has 1 aliphatic heterocycles. The molecule has 2 N–H and O–H groups in total. The maximum absolute atomic E-state index is 11.5. The summed E-state index contributed by atoms with van der Waals surface area (Å²) in [7, 11) is 0. The quantitative estimate of drug-likeness (QED) is 0.817. The summed E-state index contributed by atoms with van der Waals surface area (Å²) in [6, 6.07) is 3.90. The molecular formula is C11H16ClN3O. The fourth-order valence-corrected chi connectivity index (χ4v) is 1.49. The second-order valence-corrected chi connectivity index (χ2v) is 3.84. The number of aromatic nitrogens is 1. The van der Waals surface area contributed by atoms with Gasteiger partial charge in [-0.3, -0.25) is 9.78 Å². The van der Waals surface area contributed by atoms with Crippen molar-refractivity contribution in [2.24, 2.45) is 5.92 Å². The average molecular weight is 242 g/mol. The first-order valence-corrected chi connectivity index (χ1v) is 5.16. The lowest BCUT2D eigenvalue weighted by Crippen LogP contribution is -2.50. The van der Waals surface area contributed by atoms with E-state index >= 15 is 0 Å². The van der Waals surface area contributed by atoms with E-state index in [1.807, 2.05) is 19.1 Å². The van der Waals surface area contributed by atoms with Gasteiger partial charge in [0.05, 0.1) is 18.2 Å². The van der Waals surface area contributed by atoms with Crippen molar-refractivity contribution in [3.05, 3.63) is 29.6 Å². The lowest BCUT2D eigenvalue weighted by atomic mass is 10.0. The van der Waals surface area contributed by atoms with E-state index in [-0.39, 0.29) is 24.2 Å². The van der Waals surface area contributed by atoms with Crippen LogP contribution in [0.4, 0.5) is 0 Å². The fourth-order valence-electron chi connectivity index (χ4n) is 1.49. The molecule has 1 aliphatic rings. The zero-order valence-corrected chi connectivity index (χ0v) is 10.0. The Kier molecular flexibility index (Phi) is 4.71. The van der Waals surface area contributed by atoms with Crippen molar-refractivity contribution in [1.29, 1.82) is 0 Å². The van der Waals surface area contributed by atoms with E-state index in [0.717, 1.165) is 24.3 Å². The molecule has 4 nitrogen and oxygen atoms in total. The molecule has 1 aromatic rings. The molecule has 1 saturated heterocycles. The molecule has 1 aromatic heterocycles. The maximum atomic E-state index is 11.5. The monoisotopic (exact) mass is 241 g/mol. The van der Waals surface area contributed by atoms with Gasteiger partial charge in [0, 0.05) is 19.3 Å². The number of carbonyl (C=O) groups excluding carboxylic acids is 1. The number of pyridine rings is 1. The molecule has 0 saturated carbocycles. The number of amides is 1. The Bertz CT molecular complexity index is 366. The number of aryl methyl sites for hydroxylation is 1. The molecule has 88 valence electrons. The Morgan fingerprint density at radius 3 is 2.94 bits per heavy atom.